The van der Waals surface area contributed by atoms with Crippen LogP contribution in [-0.2, 0) is 4.79 Å². The van der Waals surface area contributed by atoms with Gasteiger partial charge in [-0.3, -0.25) is 9.78 Å². The summed E-state index contributed by atoms with van der Waals surface area (Å²) in [6.45, 7) is 1.99. The van der Waals surface area contributed by atoms with Gasteiger partial charge in [-0.25, -0.2) is 0 Å². The first-order chi connectivity index (χ1) is 10.8. The Bertz CT molecular complexity index is 842. The molecule has 22 heavy (non-hydrogen) atoms. The zero-order chi connectivity index (χ0) is 15.4. The predicted molar refractivity (Wildman–Crippen MR) is 90.6 cm³/mol. The van der Waals surface area contributed by atoms with Crippen LogP contribution in [0.3, 0.4) is 0 Å². The molecule has 0 aliphatic heterocycles. The lowest BCUT2D eigenvalue weighted by molar-refractivity contribution is -0.112. The highest BCUT2D eigenvalue weighted by Gasteiger charge is 2.10. The summed E-state index contributed by atoms with van der Waals surface area (Å²) in [5, 5.41) is 3.99. The van der Waals surface area contributed by atoms with Gasteiger partial charge in [0, 0.05) is 11.0 Å². The van der Waals surface area contributed by atoms with Crippen molar-refractivity contribution in [3.8, 4) is 0 Å². The minimum atomic E-state index is -0.142. The molecule has 2 aromatic rings. The van der Waals surface area contributed by atoms with Crippen molar-refractivity contribution in [3.63, 3.8) is 0 Å². The maximum Gasteiger partial charge on any atom is 0.255 e. The van der Waals surface area contributed by atoms with Crippen LogP contribution >= 0.6 is 0 Å². The van der Waals surface area contributed by atoms with E-state index in [0.717, 1.165) is 22.2 Å². The molecule has 1 aromatic heterocycles. The second kappa shape index (κ2) is 6.22. The zero-order valence-electron chi connectivity index (χ0n) is 12.3. The van der Waals surface area contributed by atoms with E-state index in [-0.39, 0.29) is 5.91 Å². The number of amides is 1. The van der Waals surface area contributed by atoms with Gasteiger partial charge in [-0.1, -0.05) is 48.6 Å². The van der Waals surface area contributed by atoms with Crippen molar-refractivity contribution in [3.05, 3.63) is 84.1 Å². The largest absolute Gasteiger partial charge is 0.320 e. The normalized spacial score (nSPS) is 20.3. The second-order valence-electron chi connectivity index (χ2n) is 5.02. The molecule has 1 aromatic carbocycles. The third-order valence-electron chi connectivity index (χ3n) is 3.55. The van der Waals surface area contributed by atoms with Crippen LogP contribution in [-0.4, -0.2) is 10.9 Å². The molecule has 0 spiro atoms. The lowest BCUT2D eigenvalue weighted by Crippen LogP contribution is -2.14. The number of hydrogen-bond donors (Lipinski definition) is 1. The smallest absolute Gasteiger partial charge is 0.255 e. The number of allylic oxidation sites excluding steroid dienone is 6. The zero-order valence-corrected chi connectivity index (χ0v) is 12.3. The molecule has 0 fully saturated rings. The Labute approximate surface area is 129 Å². The number of hydrogen-bond acceptors (Lipinski definition) is 2. The molecule has 1 aliphatic carbocycles. The maximum atomic E-state index is 12.4. The van der Waals surface area contributed by atoms with Crippen LogP contribution in [0.25, 0.3) is 10.9 Å². The van der Waals surface area contributed by atoms with Crippen molar-refractivity contribution >= 4 is 22.5 Å². The molecule has 0 saturated carbocycles. The number of aromatic nitrogens is 1. The van der Waals surface area contributed by atoms with Crippen LogP contribution in [0.5, 0.6) is 0 Å². The number of nitrogens with zero attached hydrogens (tertiary/aromatic N) is 1. The van der Waals surface area contributed by atoms with Crippen molar-refractivity contribution in [1.29, 1.82) is 0 Å². The molecule has 0 unspecified atom stereocenters. The first-order valence-corrected chi connectivity index (χ1v) is 7.13. The van der Waals surface area contributed by atoms with Crippen molar-refractivity contribution in [2.45, 2.75) is 6.92 Å². The Balaban J connectivity index is 1.90. The number of para-hydroxylation sites is 1. The Morgan fingerprint density at radius 2 is 1.82 bits per heavy atom. The molecule has 0 saturated heterocycles. The number of pyridine rings is 1. The Hall–Kier alpha value is -2.94. The summed E-state index contributed by atoms with van der Waals surface area (Å²) < 4.78 is 0. The van der Waals surface area contributed by atoms with Gasteiger partial charge in [-0.2, -0.15) is 0 Å². The van der Waals surface area contributed by atoms with E-state index in [0.29, 0.717) is 5.57 Å². The summed E-state index contributed by atoms with van der Waals surface area (Å²) in [6.07, 6.45) is 14.7. The quantitative estimate of drug-likeness (QED) is 0.904. The van der Waals surface area contributed by atoms with Gasteiger partial charge in [-0.15, -0.1) is 0 Å². The highest BCUT2D eigenvalue weighted by Crippen LogP contribution is 2.23. The van der Waals surface area contributed by atoms with Gasteiger partial charge in [0.2, 0.25) is 0 Å². The van der Waals surface area contributed by atoms with E-state index in [1.54, 1.807) is 18.3 Å². The fourth-order valence-electron chi connectivity index (χ4n) is 2.32. The number of anilines is 1. The number of benzene rings is 1. The van der Waals surface area contributed by atoms with Crippen molar-refractivity contribution < 1.29 is 4.79 Å². The molecule has 1 heterocycles. The molecule has 108 valence electrons. The van der Waals surface area contributed by atoms with Crippen molar-refractivity contribution in [2.75, 3.05) is 5.32 Å². The number of nitrogens with one attached hydrogen (secondary N) is 1. The molecule has 0 atom stereocenters. The van der Waals surface area contributed by atoms with Crippen LogP contribution in [0.2, 0.25) is 0 Å². The molecule has 3 nitrogen and oxygen atoms in total. The van der Waals surface area contributed by atoms with E-state index in [1.165, 1.54) is 0 Å². The van der Waals surface area contributed by atoms with E-state index in [9.17, 15) is 4.79 Å². The summed E-state index contributed by atoms with van der Waals surface area (Å²) in [5.41, 5.74) is 3.29. The van der Waals surface area contributed by atoms with Crippen molar-refractivity contribution in [2.24, 2.45) is 0 Å². The van der Waals surface area contributed by atoms with Crippen LogP contribution in [0.1, 0.15) is 5.56 Å². The number of fused-ring (bicyclic) bond motifs is 1. The Kier molecular flexibility index (Phi) is 3.97. The summed E-state index contributed by atoms with van der Waals surface area (Å²) in [5.74, 6) is -0.142. The molecular formula is C19H16N2O. The standard InChI is InChI=1S/C19H16N2O/c1-14-16-11-7-8-12-17(16)20-13-18(14)21-19(22)15-9-5-3-2-4-6-10-15/h2-13H,1H3,(H,21,22)/b3-2-,4-2?,5-3?,6-4-,9-5-,10-6?,15-9?,15-10+. The minimum Gasteiger partial charge on any atom is -0.320 e. The average Bonchev–Trinajstić information content (AvgIpc) is 2.50. The SMILES string of the molecule is Cc1c(NC(=O)C2=C/C=C\C=C/C=C\2)cnc2ccccc12. The molecular weight excluding hydrogens is 272 g/mol. The third kappa shape index (κ3) is 2.88. The van der Waals surface area contributed by atoms with Gasteiger partial charge in [0.1, 0.15) is 0 Å². The molecule has 0 bridgehead atoms. The number of carbonyl (C=O) groups is 1. The minimum absolute atomic E-state index is 0.142. The second-order valence-corrected chi connectivity index (χ2v) is 5.02. The van der Waals surface area contributed by atoms with Crippen molar-refractivity contribution in [1.82, 2.24) is 4.98 Å². The van der Waals surface area contributed by atoms with Crippen LogP contribution in [0.15, 0.2) is 78.6 Å². The fourth-order valence-corrected chi connectivity index (χ4v) is 2.32. The molecule has 3 heteroatoms. The lowest BCUT2D eigenvalue weighted by Gasteiger charge is -2.11. The van der Waals surface area contributed by atoms with Gasteiger partial charge >= 0.3 is 0 Å². The van der Waals surface area contributed by atoms with E-state index >= 15 is 0 Å². The topological polar surface area (TPSA) is 42.0 Å². The van der Waals surface area contributed by atoms with E-state index in [4.69, 9.17) is 0 Å². The monoisotopic (exact) mass is 288 g/mol. The van der Waals surface area contributed by atoms with Gasteiger partial charge in [0.05, 0.1) is 17.4 Å². The number of rotatable bonds is 2. The summed E-state index contributed by atoms with van der Waals surface area (Å²) in [6, 6.07) is 7.90. The summed E-state index contributed by atoms with van der Waals surface area (Å²) in [4.78, 5) is 16.8. The van der Waals surface area contributed by atoms with Crippen LogP contribution < -0.4 is 5.32 Å². The van der Waals surface area contributed by atoms with Crippen LogP contribution in [0, 0.1) is 6.92 Å². The van der Waals surface area contributed by atoms with Gasteiger partial charge in [-0.05, 0) is 30.7 Å². The molecule has 1 N–H and O–H groups in total. The molecule has 1 aliphatic rings. The molecule has 1 amide bonds. The van der Waals surface area contributed by atoms with E-state index in [1.807, 2.05) is 61.6 Å². The number of aryl methyl sites for hydroxylation is 1. The van der Waals surface area contributed by atoms with Gasteiger partial charge < -0.3 is 5.32 Å². The average molecular weight is 288 g/mol. The molecule has 0 radical (unpaired) electrons. The van der Waals surface area contributed by atoms with Gasteiger partial charge in [0.15, 0.2) is 0 Å². The van der Waals surface area contributed by atoms with E-state index in [2.05, 4.69) is 10.3 Å². The first kappa shape index (κ1) is 14.0. The fraction of sp³-hybridized carbons (Fsp3) is 0.0526. The first-order valence-electron chi connectivity index (χ1n) is 7.13. The maximum absolute atomic E-state index is 12.4. The number of carbonyl (C=O) groups excluding carboxylic acids is 1. The van der Waals surface area contributed by atoms with Crippen LogP contribution in [0.4, 0.5) is 5.69 Å². The summed E-state index contributed by atoms with van der Waals surface area (Å²) >= 11 is 0. The predicted octanol–water partition coefficient (Wildman–Crippen LogP) is 4.09. The Morgan fingerprint density at radius 1 is 1.05 bits per heavy atom. The van der Waals surface area contributed by atoms with Gasteiger partial charge in [0.25, 0.3) is 5.91 Å². The third-order valence-corrected chi connectivity index (χ3v) is 3.55. The Morgan fingerprint density at radius 3 is 2.73 bits per heavy atom. The molecule has 3 rings (SSSR count). The summed E-state index contributed by atoms with van der Waals surface area (Å²) in [7, 11) is 0. The lowest BCUT2D eigenvalue weighted by atomic mass is 10.1. The highest BCUT2D eigenvalue weighted by molar-refractivity contribution is 6.07. The highest BCUT2D eigenvalue weighted by atomic mass is 16.1. The van der Waals surface area contributed by atoms with E-state index < -0.39 is 0 Å².